The number of aliphatic hydroxyl groups excluding tert-OH is 1. The molecule has 27 heavy (non-hydrogen) atoms. The fourth-order valence-corrected chi connectivity index (χ4v) is 4.10. The maximum atomic E-state index is 11.2. The number of rotatable bonds is 6. The summed E-state index contributed by atoms with van der Waals surface area (Å²) < 4.78 is 6.16. The number of carbonyl (C=O) groups excluding carboxylic acids is 1. The summed E-state index contributed by atoms with van der Waals surface area (Å²) >= 11 is 0. The fourth-order valence-electron chi connectivity index (χ4n) is 4.10. The molecule has 6 heteroatoms. The van der Waals surface area contributed by atoms with Gasteiger partial charge in [-0.2, -0.15) is 0 Å². The summed E-state index contributed by atoms with van der Waals surface area (Å²) in [7, 11) is 0. The van der Waals surface area contributed by atoms with E-state index in [0.29, 0.717) is 6.54 Å². The molecule has 2 heterocycles. The number of nitrogens with one attached hydrogen (secondary N) is 1. The lowest BCUT2D eigenvalue weighted by atomic mass is 9.89. The molecular weight excluding hydrogens is 342 g/mol. The molecule has 0 aromatic heterocycles. The molecule has 1 amide bonds. The number of likely N-dealkylation sites (tertiary alicyclic amines) is 1. The van der Waals surface area contributed by atoms with Crippen molar-refractivity contribution in [2.75, 3.05) is 51.2 Å². The molecule has 2 N–H and O–H groups in total. The largest absolute Gasteiger partial charge is 0.512 e. The molecule has 0 radical (unpaired) electrons. The number of ether oxygens (including phenoxy) is 1. The van der Waals surface area contributed by atoms with Gasteiger partial charge in [0.25, 0.3) is 0 Å². The number of piperidine rings is 1. The van der Waals surface area contributed by atoms with E-state index in [-0.39, 0.29) is 17.3 Å². The Bertz CT molecular complexity index is 668. The van der Waals surface area contributed by atoms with Gasteiger partial charge in [0.1, 0.15) is 0 Å². The van der Waals surface area contributed by atoms with Crippen molar-refractivity contribution in [2.45, 2.75) is 31.8 Å². The summed E-state index contributed by atoms with van der Waals surface area (Å²) in [5.74, 6) is 0.186. The molecule has 6 nitrogen and oxygen atoms in total. The van der Waals surface area contributed by atoms with Crippen LogP contribution >= 0.6 is 0 Å². The molecule has 0 atom stereocenters. The van der Waals surface area contributed by atoms with Gasteiger partial charge in [0.2, 0.25) is 5.91 Å². The summed E-state index contributed by atoms with van der Waals surface area (Å²) in [6.07, 6.45) is 3.01. The first-order chi connectivity index (χ1) is 12.9. The standard InChI is InChI=1S/C21H31N3O3/c1-17(25)15-24-12-13-27-21(16-24)7-10-23(11-8-21)9-6-19-4-3-5-20(14-19)22-18(2)26/h3-5,14,25H,1,6-13,15-16H2,2H3,(H,22,26). The number of hydrogen-bond donors (Lipinski definition) is 2. The van der Waals surface area contributed by atoms with Crippen LogP contribution in [0.2, 0.25) is 0 Å². The first kappa shape index (κ1) is 19.9. The van der Waals surface area contributed by atoms with E-state index in [1.54, 1.807) is 0 Å². The molecular formula is C21H31N3O3. The number of carbonyl (C=O) groups is 1. The van der Waals surface area contributed by atoms with Gasteiger partial charge < -0.3 is 20.1 Å². The Morgan fingerprint density at radius 2 is 2.07 bits per heavy atom. The lowest BCUT2D eigenvalue weighted by Crippen LogP contribution is -2.57. The monoisotopic (exact) mass is 373 g/mol. The van der Waals surface area contributed by atoms with Gasteiger partial charge in [0.15, 0.2) is 0 Å². The molecule has 1 aromatic rings. The van der Waals surface area contributed by atoms with Crippen LogP contribution in [0, 0.1) is 0 Å². The molecule has 0 aliphatic carbocycles. The quantitative estimate of drug-likeness (QED) is 0.750. The van der Waals surface area contributed by atoms with E-state index in [2.05, 4.69) is 33.8 Å². The van der Waals surface area contributed by atoms with E-state index in [0.717, 1.165) is 64.3 Å². The van der Waals surface area contributed by atoms with Gasteiger partial charge in [-0.15, -0.1) is 0 Å². The number of hydrogen-bond acceptors (Lipinski definition) is 5. The van der Waals surface area contributed by atoms with Crippen LogP contribution in [0.3, 0.4) is 0 Å². The first-order valence-corrected chi connectivity index (χ1v) is 9.76. The topological polar surface area (TPSA) is 65.0 Å². The Morgan fingerprint density at radius 1 is 1.30 bits per heavy atom. The number of aliphatic hydroxyl groups is 1. The van der Waals surface area contributed by atoms with Gasteiger partial charge in [0.05, 0.1) is 24.5 Å². The van der Waals surface area contributed by atoms with Crippen molar-refractivity contribution in [3.63, 3.8) is 0 Å². The van der Waals surface area contributed by atoms with Crippen molar-refractivity contribution in [1.29, 1.82) is 0 Å². The maximum absolute atomic E-state index is 11.2. The molecule has 0 saturated carbocycles. The zero-order chi connectivity index (χ0) is 19.3. The number of amides is 1. The third kappa shape index (κ3) is 5.79. The van der Waals surface area contributed by atoms with E-state index in [4.69, 9.17) is 4.74 Å². The summed E-state index contributed by atoms with van der Waals surface area (Å²) in [6, 6.07) is 8.07. The van der Waals surface area contributed by atoms with Crippen LogP contribution in [0.25, 0.3) is 0 Å². The number of morpholine rings is 1. The van der Waals surface area contributed by atoms with Crippen molar-refractivity contribution in [2.24, 2.45) is 0 Å². The summed E-state index contributed by atoms with van der Waals surface area (Å²) in [4.78, 5) is 15.9. The third-order valence-corrected chi connectivity index (χ3v) is 5.46. The van der Waals surface area contributed by atoms with Gasteiger partial charge in [-0.25, -0.2) is 0 Å². The molecule has 148 valence electrons. The Balaban J connectivity index is 1.47. The second kappa shape index (κ2) is 8.87. The molecule has 0 unspecified atom stereocenters. The predicted molar refractivity (Wildman–Crippen MR) is 107 cm³/mol. The Hall–Kier alpha value is -1.89. The highest BCUT2D eigenvalue weighted by Gasteiger charge is 2.39. The normalized spacial score (nSPS) is 20.5. The SMILES string of the molecule is C=C(O)CN1CCOC2(CCN(CCc3cccc(NC(C)=O)c3)CC2)C1. The van der Waals surface area contributed by atoms with Gasteiger partial charge in [-0.05, 0) is 37.0 Å². The van der Waals surface area contributed by atoms with Crippen LogP contribution in [0.1, 0.15) is 25.3 Å². The van der Waals surface area contributed by atoms with Crippen molar-refractivity contribution in [3.8, 4) is 0 Å². The zero-order valence-electron chi connectivity index (χ0n) is 16.2. The van der Waals surface area contributed by atoms with Crippen molar-refractivity contribution in [3.05, 3.63) is 42.2 Å². The molecule has 2 aliphatic heterocycles. The Labute approximate surface area is 161 Å². The highest BCUT2D eigenvalue weighted by molar-refractivity contribution is 5.88. The lowest BCUT2D eigenvalue weighted by Gasteiger charge is -2.47. The minimum atomic E-state index is -0.0739. The van der Waals surface area contributed by atoms with Crippen molar-refractivity contribution in [1.82, 2.24) is 9.80 Å². The van der Waals surface area contributed by atoms with Crippen LogP contribution in [-0.4, -0.2) is 72.3 Å². The maximum Gasteiger partial charge on any atom is 0.221 e. The second-order valence-electron chi connectivity index (χ2n) is 7.78. The Kier molecular flexibility index (Phi) is 6.52. The average Bonchev–Trinajstić information content (AvgIpc) is 2.61. The van der Waals surface area contributed by atoms with Crippen LogP contribution in [-0.2, 0) is 16.0 Å². The van der Waals surface area contributed by atoms with E-state index < -0.39 is 0 Å². The minimum Gasteiger partial charge on any atom is -0.512 e. The van der Waals surface area contributed by atoms with Crippen LogP contribution in [0.5, 0.6) is 0 Å². The molecule has 3 rings (SSSR count). The smallest absolute Gasteiger partial charge is 0.221 e. The van der Waals surface area contributed by atoms with Crippen LogP contribution in [0.4, 0.5) is 5.69 Å². The van der Waals surface area contributed by atoms with Gasteiger partial charge >= 0.3 is 0 Å². The first-order valence-electron chi connectivity index (χ1n) is 9.76. The van der Waals surface area contributed by atoms with Gasteiger partial charge in [0, 0.05) is 45.3 Å². The highest BCUT2D eigenvalue weighted by atomic mass is 16.5. The van der Waals surface area contributed by atoms with E-state index >= 15 is 0 Å². The molecule has 2 saturated heterocycles. The van der Waals surface area contributed by atoms with E-state index in [9.17, 15) is 9.90 Å². The van der Waals surface area contributed by atoms with Crippen LogP contribution in [0.15, 0.2) is 36.6 Å². The minimum absolute atomic E-state index is 0.0419. The zero-order valence-corrected chi connectivity index (χ0v) is 16.2. The van der Waals surface area contributed by atoms with Crippen molar-refractivity contribution >= 4 is 11.6 Å². The van der Waals surface area contributed by atoms with E-state index in [1.165, 1.54) is 12.5 Å². The number of anilines is 1. The number of benzene rings is 1. The predicted octanol–water partition coefficient (Wildman–Crippen LogP) is 2.43. The fraction of sp³-hybridized carbons (Fsp3) is 0.571. The van der Waals surface area contributed by atoms with Crippen LogP contribution < -0.4 is 5.32 Å². The third-order valence-electron chi connectivity index (χ3n) is 5.46. The second-order valence-corrected chi connectivity index (χ2v) is 7.78. The molecule has 0 bridgehead atoms. The highest BCUT2D eigenvalue weighted by Crippen LogP contribution is 2.30. The summed E-state index contributed by atoms with van der Waals surface area (Å²) in [5, 5.41) is 12.3. The average molecular weight is 373 g/mol. The van der Waals surface area contributed by atoms with Gasteiger partial charge in [-0.3, -0.25) is 9.69 Å². The molecule has 2 aliphatic rings. The summed E-state index contributed by atoms with van der Waals surface area (Å²) in [5.41, 5.74) is 2.03. The molecule has 2 fully saturated rings. The number of nitrogens with zero attached hydrogens (tertiary/aromatic N) is 2. The summed E-state index contributed by atoms with van der Waals surface area (Å²) in [6.45, 7) is 11.2. The lowest BCUT2D eigenvalue weighted by molar-refractivity contribution is -0.134. The molecule has 1 aromatic carbocycles. The van der Waals surface area contributed by atoms with Crippen molar-refractivity contribution < 1.29 is 14.6 Å². The molecule has 1 spiro atoms. The Morgan fingerprint density at radius 3 is 2.78 bits per heavy atom. The van der Waals surface area contributed by atoms with Gasteiger partial charge in [-0.1, -0.05) is 18.7 Å². The van der Waals surface area contributed by atoms with E-state index in [1.807, 2.05) is 12.1 Å².